The first-order valence-electron chi connectivity index (χ1n) is 6.41. The predicted octanol–water partition coefficient (Wildman–Crippen LogP) is 3.02. The van der Waals surface area contributed by atoms with Crippen LogP contribution < -0.4 is 5.73 Å². The number of benzene rings is 1. The van der Waals surface area contributed by atoms with Gasteiger partial charge in [0.15, 0.2) is 0 Å². The minimum Gasteiger partial charge on any atom is -0.369 e. The number of hydrogen-bond donors (Lipinski definition) is 1. The fourth-order valence-electron chi connectivity index (χ4n) is 2.12. The molecule has 0 amide bonds. The number of aromatic nitrogens is 2. The Labute approximate surface area is 109 Å². The van der Waals surface area contributed by atoms with Gasteiger partial charge < -0.3 is 10.3 Å². The Morgan fingerprint density at radius 1 is 1.17 bits per heavy atom. The summed E-state index contributed by atoms with van der Waals surface area (Å²) in [5, 5.41) is 0. The zero-order valence-electron chi connectivity index (χ0n) is 11.4. The summed E-state index contributed by atoms with van der Waals surface area (Å²) in [6.07, 6.45) is 2.94. The van der Waals surface area contributed by atoms with Crippen LogP contribution in [0.1, 0.15) is 30.7 Å². The molecule has 0 fully saturated rings. The summed E-state index contributed by atoms with van der Waals surface area (Å²) in [6, 6.07) is 8.77. The van der Waals surface area contributed by atoms with Gasteiger partial charge in [0.25, 0.3) is 0 Å². The molecule has 2 aromatic rings. The highest BCUT2D eigenvalue weighted by molar-refractivity contribution is 5.27. The summed E-state index contributed by atoms with van der Waals surface area (Å²) >= 11 is 0. The van der Waals surface area contributed by atoms with Crippen LogP contribution in [0, 0.1) is 12.8 Å². The lowest BCUT2D eigenvalue weighted by molar-refractivity contribution is 0.647. The Hall–Kier alpha value is -1.77. The third kappa shape index (κ3) is 2.92. The molecule has 18 heavy (non-hydrogen) atoms. The van der Waals surface area contributed by atoms with Crippen LogP contribution in [0.3, 0.4) is 0 Å². The largest absolute Gasteiger partial charge is 0.369 e. The second-order valence-corrected chi connectivity index (χ2v) is 5.26. The molecule has 0 radical (unpaired) electrons. The monoisotopic (exact) mass is 243 g/mol. The van der Waals surface area contributed by atoms with E-state index in [4.69, 9.17) is 5.73 Å². The van der Waals surface area contributed by atoms with Crippen LogP contribution in [-0.4, -0.2) is 9.55 Å². The molecule has 3 heteroatoms. The number of nitrogen functional groups attached to an aromatic ring is 1. The van der Waals surface area contributed by atoms with Gasteiger partial charge in [0, 0.05) is 5.69 Å². The van der Waals surface area contributed by atoms with Crippen LogP contribution in [0.5, 0.6) is 0 Å². The smallest absolute Gasteiger partial charge is 0.200 e. The van der Waals surface area contributed by atoms with Gasteiger partial charge >= 0.3 is 0 Å². The Kier molecular flexibility index (Phi) is 3.70. The molecule has 0 unspecified atom stereocenters. The number of anilines is 1. The average Bonchev–Trinajstić information content (AvgIpc) is 2.63. The molecule has 2 N–H and O–H groups in total. The lowest BCUT2D eigenvalue weighted by atomic mass is 10.0. The molecule has 1 heterocycles. The van der Waals surface area contributed by atoms with Crippen molar-refractivity contribution >= 4 is 5.95 Å². The van der Waals surface area contributed by atoms with Crippen LogP contribution in [0.2, 0.25) is 0 Å². The van der Waals surface area contributed by atoms with E-state index in [0.29, 0.717) is 11.9 Å². The molecule has 0 aliphatic carbocycles. The van der Waals surface area contributed by atoms with Crippen LogP contribution in [-0.2, 0) is 13.0 Å². The van der Waals surface area contributed by atoms with E-state index in [0.717, 1.165) is 18.7 Å². The highest BCUT2D eigenvalue weighted by atomic mass is 15.1. The standard InChI is InChI=1S/C15H21N3/c1-11(2)8-13-4-6-14(7-5-13)10-18-12(3)9-17-15(18)16/h4-7,9,11H,8,10H2,1-3H3,(H2,16,17). The van der Waals surface area contributed by atoms with E-state index >= 15 is 0 Å². The number of nitrogens with two attached hydrogens (primary N) is 1. The van der Waals surface area contributed by atoms with Crippen molar-refractivity contribution in [2.24, 2.45) is 5.92 Å². The first kappa shape index (κ1) is 12.7. The van der Waals surface area contributed by atoms with Crippen molar-refractivity contribution < 1.29 is 0 Å². The van der Waals surface area contributed by atoms with Crippen molar-refractivity contribution in [2.45, 2.75) is 33.7 Å². The summed E-state index contributed by atoms with van der Waals surface area (Å²) in [4.78, 5) is 4.11. The Bertz CT molecular complexity index is 490. The van der Waals surface area contributed by atoms with Crippen LogP contribution in [0.4, 0.5) is 5.95 Å². The van der Waals surface area contributed by atoms with Gasteiger partial charge in [-0.3, -0.25) is 0 Å². The Morgan fingerprint density at radius 3 is 2.28 bits per heavy atom. The van der Waals surface area contributed by atoms with Gasteiger partial charge in [-0.05, 0) is 30.4 Å². The second-order valence-electron chi connectivity index (χ2n) is 5.26. The van der Waals surface area contributed by atoms with E-state index in [2.05, 4.69) is 43.1 Å². The van der Waals surface area contributed by atoms with Crippen molar-refractivity contribution in [1.29, 1.82) is 0 Å². The van der Waals surface area contributed by atoms with Crippen LogP contribution in [0.25, 0.3) is 0 Å². The molecule has 1 aromatic carbocycles. The maximum absolute atomic E-state index is 5.84. The Morgan fingerprint density at radius 2 is 1.78 bits per heavy atom. The van der Waals surface area contributed by atoms with Gasteiger partial charge in [-0.15, -0.1) is 0 Å². The number of hydrogen-bond acceptors (Lipinski definition) is 2. The van der Waals surface area contributed by atoms with E-state index in [-0.39, 0.29) is 0 Å². The normalized spacial score (nSPS) is 11.1. The van der Waals surface area contributed by atoms with Crippen molar-refractivity contribution in [3.05, 3.63) is 47.3 Å². The fourth-order valence-corrected chi connectivity index (χ4v) is 2.12. The third-order valence-corrected chi connectivity index (χ3v) is 3.09. The first-order valence-corrected chi connectivity index (χ1v) is 6.41. The quantitative estimate of drug-likeness (QED) is 0.897. The molecule has 3 nitrogen and oxygen atoms in total. The van der Waals surface area contributed by atoms with E-state index in [9.17, 15) is 0 Å². The summed E-state index contributed by atoms with van der Waals surface area (Å²) in [5.41, 5.74) is 9.59. The van der Waals surface area contributed by atoms with E-state index in [1.165, 1.54) is 11.1 Å². The number of rotatable bonds is 4. The molecule has 96 valence electrons. The van der Waals surface area contributed by atoms with Crippen molar-refractivity contribution in [1.82, 2.24) is 9.55 Å². The molecular formula is C15H21N3. The molecule has 0 saturated carbocycles. The maximum atomic E-state index is 5.84. The van der Waals surface area contributed by atoms with Gasteiger partial charge in [0.05, 0.1) is 12.7 Å². The van der Waals surface area contributed by atoms with Crippen molar-refractivity contribution in [2.75, 3.05) is 5.73 Å². The zero-order valence-corrected chi connectivity index (χ0v) is 11.4. The van der Waals surface area contributed by atoms with E-state index < -0.39 is 0 Å². The second kappa shape index (κ2) is 5.25. The fraction of sp³-hybridized carbons (Fsp3) is 0.400. The molecule has 0 saturated heterocycles. The molecule has 2 rings (SSSR count). The minimum atomic E-state index is 0.582. The number of imidazole rings is 1. The van der Waals surface area contributed by atoms with Gasteiger partial charge in [-0.1, -0.05) is 38.1 Å². The average molecular weight is 243 g/mol. The van der Waals surface area contributed by atoms with Crippen molar-refractivity contribution in [3.63, 3.8) is 0 Å². The van der Waals surface area contributed by atoms with Crippen LogP contribution in [0.15, 0.2) is 30.5 Å². The third-order valence-electron chi connectivity index (χ3n) is 3.09. The molecular weight excluding hydrogens is 222 g/mol. The first-order chi connectivity index (χ1) is 8.56. The predicted molar refractivity (Wildman–Crippen MR) is 75.5 cm³/mol. The van der Waals surface area contributed by atoms with E-state index in [1.54, 1.807) is 0 Å². The van der Waals surface area contributed by atoms with Gasteiger partial charge in [0.2, 0.25) is 5.95 Å². The summed E-state index contributed by atoms with van der Waals surface area (Å²) in [5.74, 6) is 1.28. The van der Waals surface area contributed by atoms with Gasteiger partial charge in [-0.2, -0.15) is 0 Å². The highest BCUT2D eigenvalue weighted by Crippen LogP contribution is 2.13. The number of nitrogens with zero attached hydrogens (tertiary/aromatic N) is 2. The topological polar surface area (TPSA) is 43.8 Å². The SMILES string of the molecule is Cc1cnc(N)n1Cc1ccc(CC(C)C)cc1. The van der Waals surface area contributed by atoms with E-state index in [1.807, 2.05) is 17.7 Å². The number of aryl methyl sites for hydroxylation is 1. The molecule has 0 atom stereocenters. The van der Waals surface area contributed by atoms with Gasteiger partial charge in [-0.25, -0.2) is 4.98 Å². The summed E-state index contributed by atoms with van der Waals surface area (Å²) in [6.45, 7) is 7.29. The van der Waals surface area contributed by atoms with Crippen LogP contribution >= 0.6 is 0 Å². The molecule has 0 bridgehead atoms. The summed E-state index contributed by atoms with van der Waals surface area (Å²) in [7, 11) is 0. The maximum Gasteiger partial charge on any atom is 0.200 e. The zero-order chi connectivity index (χ0) is 13.1. The lowest BCUT2D eigenvalue weighted by Gasteiger charge is -2.09. The molecule has 1 aromatic heterocycles. The highest BCUT2D eigenvalue weighted by Gasteiger charge is 2.04. The van der Waals surface area contributed by atoms with Crippen molar-refractivity contribution in [3.8, 4) is 0 Å². The molecule has 0 aliphatic rings. The van der Waals surface area contributed by atoms with Gasteiger partial charge in [0.1, 0.15) is 0 Å². The Balaban J connectivity index is 2.11. The summed E-state index contributed by atoms with van der Waals surface area (Å²) < 4.78 is 2.03. The lowest BCUT2D eigenvalue weighted by Crippen LogP contribution is -2.06. The molecule has 0 aliphatic heterocycles. The minimum absolute atomic E-state index is 0.582. The molecule has 0 spiro atoms.